The molecule has 184 valence electrons. The van der Waals surface area contributed by atoms with E-state index in [1.165, 1.54) is 30.6 Å². The van der Waals surface area contributed by atoms with Crippen LogP contribution in [0, 0.1) is 0 Å². The van der Waals surface area contributed by atoms with Crippen LogP contribution < -0.4 is 10.1 Å². The summed E-state index contributed by atoms with van der Waals surface area (Å²) in [7, 11) is 0.830. The molecule has 1 heterocycles. The van der Waals surface area contributed by atoms with E-state index in [2.05, 4.69) is 10.3 Å². The average molecular weight is 489 g/mol. The number of phenols is 1. The monoisotopic (exact) mass is 488 g/mol. The zero-order valence-electron chi connectivity index (χ0n) is 19.8. The van der Waals surface area contributed by atoms with Gasteiger partial charge in [-0.3, -0.25) is 9.79 Å². The molecular weight excluding hydrogens is 456 g/mol. The molecule has 0 saturated carbocycles. The van der Waals surface area contributed by atoms with Gasteiger partial charge in [0.1, 0.15) is 5.84 Å². The molecule has 0 bridgehead atoms. The standard InChI is InChI=1S/C24H32N4O5S/c1-27(16-12-18-6-8-19(9-7-18)24-25-13-14-26-24)23(30)5-4-15-28(2)34(31,32)20-10-11-22(33-3)21(29)17-20/h6-11,17,29H,4-5,12-16H2,1-3H3,(H,25,26). The number of rotatable bonds is 11. The minimum Gasteiger partial charge on any atom is -0.504 e. The maximum atomic E-state index is 12.7. The number of benzene rings is 2. The lowest BCUT2D eigenvalue weighted by Crippen LogP contribution is -2.31. The van der Waals surface area contributed by atoms with Crippen LogP contribution in [0.25, 0.3) is 0 Å². The molecule has 0 unspecified atom stereocenters. The number of hydrogen-bond acceptors (Lipinski definition) is 7. The van der Waals surface area contributed by atoms with Crippen molar-refractivity contribution >= 4 is 21.8 Å². The van der Waals surface area contributed by atoms with Crippen molar-refractivity contribution in [3.8, 4) is 11.5 Å². The number of amidine groups is 1. The number of phenolic OH excluding ortho intramolecular Hbond substituents is 1. The Labute approximate surface area is 201 Å². The van der Waals surface area contributed by atoms with Crippen molar-refractivity contribution in [2.75, 3.05) is 47.4 Å². The Balaban J connectivity index is 1.44. The average Bonchev–Trinajstić information content (AvgIpc) is 3.37. The first kappa shape index (κ1) is 25.5. The molecule has 0 atom stereocenters. The number of carbonyl (C=O) groups excluding carboxylic acids is 1. The zero-order chi connectivity index (χ0) is 24.7. The van der Waals surface area contributed by atoms with Crippen molar-refractivity contribution in [1.82, 2.24) is 14.5 Å². The van der Waals surface area contributed by atoms with Crippen LogP contribution in [-0.4, -0.2) is 81.9 Å². The van der Waals surface area contributed by atoms with E-state index in [1.54, 1.807) is 11.9 Å². The Hall–Kier alpha value is -3.11. The van der Waals surface area contributed by atoms with Gasteiger partial charge in [0.05, 0.1) is 18.6 Å². The van der Waals surface area contributed by atoms with E-state index in [-0.39, 0.29) is 35.3 Å². The van der Waals surface area contributed by atoms with E-state index >= 15 is 0 Å². The van der Waals surface area contributed by atoms with Gasteiger partial charge in [0.15, 0.2) is 11.5 Å². The fraction of sp³-hybridized carbons (Fsp3) is 0.417. The van der Waals surface area contributed by atoms with Crippen molar-refractivity contribution in [2.45, 2.75) is 24.2 Å². The van der Waals surface area contributed by atoms with Gasteiger partial charge in [0, 0.05) is 51.8 Å². The molecule has 10 heteroatoms. The molecule has 2 aromatic carbocycles. The fourth-order valence-electron chi connectivity index (χ4n) is 3.62. The molecule has 2 N–H and O–H groups in total. The Morgan fingerprint density at radius 3 is 2.50 bits per heavy atom. The minimum atomic E-state index is -3.78. The second-order valence-electron chi connectivity index (χ2n) is 8.18. The van der Waals surface area contributed by atoms with Crippen molar-refractivity contribution in [3.05, 3.63) is 53.6 Å². The molecule has 0 fully saturated rings. The quantitative estimate of drug-likeness (QED) is 0.499. The van der Waals surface area contributed by atoms with Crippen LogP contribution in [0.5, 0.6) is 11.5 Å². The van der Waals surface area contributed by atoms with Gasteiger partial charge in [-0.05, 0) is 30.5 Å². The van der Waals surface area contributed by atoms with Gasteiger partial charge in [0.2, 0.25) is 15.9 Å². The number of likely N-dealkylation sites (N-methyl/N-ethyl adjacent to an activating group) is 1. The minimum absolute atomic E-state index is 0.0291. The third-order valence-corrected chi connectivity index (χ3v) is 7.64. The molecule has 0 spiro atoms. The molecule has 34 heavy (non-hydrogen) atoms. The molecule has 1 amide bonds. The highest BCUT2D eigenvalue weighted by molar-refractivity contribution is 7.89. The number of nitrogens with one attached hydrogen (secondary N) is 1. The lowest BCUT2D eigenvalue weighted by Gasteiger charge is -2.20. The van der Waals surface area contributed by atoms with Crippen LogP contribution in [0.3, 0.4) is 0 Å². The number of aromatic hydroxyl groups is 1. The third-order valence-electron chi connectivity index (χ3n) is 5.79. The van der Waals surface area contributed by atoms with Crippen LogP contribution in [0.15, 0.2) is 52.4 Å². The Morgan fingerprint density at radius 2 is 1.88 bits per heavy atom. The van der Waals surface area contributed by atoms with E-state index in [0.29, 0.717) is 13.0 Å². The summed E-state index contributed by atoms with van der Waals surface area (Å²) in [6.45, 7) is 2.44. The molecular formula is C24H32N4O5S. The summed E-state index contributed by atoms with van der Waals surface area (Å²) in [5, 5.41) is 13.1. The highest BCUT2D eigenvalue weighted by Crippen LogP contribution is 2.29. The van der Waals surface area contributed by atoms with Gasteiger partial charge in [-0.25, -0.2) is 12.7 Å². The summed E-state index contributed by atoms with van der Waals surface area (Å²) in [6, 6.07) is 12.1. The van der Waals surface area contributed by atoms with Crippen LogP contribution in [0.2, 0.25) is 0 Å². The van der Waals surface area contributed by atoms with Gasteiger partial charge in [-0.2, -0.15) is 0 Å². The van der Waals surface area contributed by atoms with Crippen molar-refractivity contribution in [2.24, 2.45) is 4.99 Å². The van der Waals surface area contributed by atoms with E-state index in [9.17, 15) is 18.3 Å². The second kappa shape index (κ2) is 11.3. The number of hydrogen-bond donors (Lipinski definition) is 2. The number of nitrogens with zero attached hydrogens (tertiary/aromatic N) is 3. The predicted octanol–water partition coefficient (Wildman–Crippen LogP) is 1.85. The van der Waals surface area contributed by atoms with Gasteiger partial charge in [0.25, 0.3) is 0 Å². The van der Waals surface area contributed by atoms with Crippen LogP contribution in [0.4, 0.5) is 0 Å². The lowest BCUT2D eigenvalue weighted by molar-refractivity contribution is -0.130. The molecule has 1 aliphatic rings. The first-order valence-corrected chi connectivity index (χ1v) is 12.6. The second-order valence-corrected chi connectivity index (χ2v) is 10.2. The summed E-state index contributed by atoms with van der Waals surface area (Å²) in [4.78, 5) is 18.6. The van der Waals surface area contributed by atoms with Crippen LogP contribution >= 0.6 is 0 Å². The van der Waals surface area contributed by atoms with E-state index in [4.69, 9.17) is 4.74 Å². The van der Waals surface area contributed by atoms with Crippen LogP contribution in [-0.2, 0) is 21.2 Å². The maximum Gasteiger partial charge on any atom is 0.242 e. The smallest absolute Gasteiger partial charge is 0.242 e. The molecule has 2 aromatic rings. The highest BCUT2D eigenvalue weighted by atomic mass is 32.2. The normalized spacial score (nSPS) is 13.5. The van der Waals surface area contributed by atoms with Crippen LogP contribution in [0.1, 0.15) is 24.0 Å². The SMILES string of the molecule is COc1ccc(S(=O)(=O)N(C)CCCC(=O)N(C)CCc2ccc(C3=NCCN3)cc2)cc1O. The summed E-state index contributed by atoms with van der Waals surface area (Å²) < 4.78 is 31.6. The third kappa shape index (κ3) is 6.27. The Kier molecular flexibility index (Phi) is 8.51. The first-order valence-electron chi connectivity index (χ1n) is 11.2. The largest absolute Gasteiger partial charge is 0.504 e. The molecule has 0 aromatic heterocycles. The van der Waals surface area contributed by atoms with E-state index in [1.807, 2.05) is 24.3 Å². The predicted molar refractivity (Wildman–Crippen MR) is 131 cm³/mol. The fourth-order valence-corrected chi connectivity index (χ4v) is 4.85. The Morgan fingerprint density at radius 1 is 1.15 bits per heavy atom. The number of amides is 1. The summed E-state index contributed by atoms with van der Waals surface area (Å²) in [5.74, 6) is 0.849. The summed E-state index contributed by atoms with van der Waals surface area (Å²) in [5.41, 5.74) is 2.20. The highest BCUT2D eigenvalue weighted by Gasteiger charge is 2.22. The van der Waals surface area contributed by atoms with Crippen molar-refractivity contribution in [1.29, 1.82) is 0 Å². The van der Waals surface area contributed by atoms with Crippen molar-refractivity contribution in [3.63, 3.8) is 0 Å². The van der Waals surface area contributed by atoms with E-state index < -0.39 is 10.0 Å². The van der Waals surface area contributed by atoms with Gasteiger partial charge < -0.3 is 20.1 Å². The number of ether oxygens (including phenoxy) is 1. The molecule has 0 saturated heterocycles. The van der Waals surface area contributed by atoms with E-state index in [0.717, 1.165) is 42.5 Å². The molecule has 0 aliphatic carbocycles. The first-order chi connectivity index (χ1) is 16.2. The summed E-state index contributed by atoms with van der Waals surface area (Å²) in [6.07, 6.45) is 1.37. The molecule has 3 rings (SSSR count). The molecule has 1 aliphatic heterocycles. The molecule has 9 nitrogen and oxygen atoms in total. The summed E-state index contributed by atoms with van der Waals surface area (Å²) >= 11 is 0. The zero-order valence-corrected chi connectivity index (χ0v) is 20.6. The Bertz CT molecular complexity index is 1130. The van der Waals surface area contributed by atoms with Gasteiger partial charge in [-0.15, -0.1) is 0 Å². The topological polar surface area (TPSA) is 112 Å². The lowest BCUT2D eigenvalue weighted by atomic mass is 10.1. The van der Waals surface area contributed by atoms with Gasteiger partial charge in [-0.1, -0.05) is 24.3 Å². The van der Waals surface area contributed by atoms with Crippen molar-refractivity contribution < 1.29 is 23.1 Å². The number of aliphatic imine (C=N–C) groups is 1. The number of sulfonamides is 1. The number of carbonyl (C=O) groups is 1. The maximum absolute atomic E-state index is 12.7. The number of methoxy groups -OCH3 is 1. The van der Waals surface area contributed by atoms with Gasteiger partial charge >= 0.3 is 0 Å². The molecule has 0 radical (unpaired) electrons.